The number of likely N-dealkylation sites (tertiary alicyclic amines) is 1. The van der Waals surface area contributed by atoms with Gasteiger partial charge in [0.2, 0.25) is 0 Å². The molecule has 2 aromatic rings. The Hall–Kier alpha value is -2.63. The second-order valence-electron chi connectivity index (χ2n) is 6.45. The van der Waals surface area contributed by atoms with E-state index in [9.17, 15) is 4.79 Å². The molecule has 1 N–H and O–H groups in total. The Balaban J connectivity index is 1.61. The molecular formula is C19H24N4O2. The molecule has 1 amide bonds. The highest BCUT2D eigenvalue weighted by Gasteiger charge is 2.23. The van der Waals surface area contributed by atoms with Gasteiger partial charge in [0.1, 0.15) is 17.3 Å². The maximum Gasteiger partial charge on any atom is 0.274 e. The van der Waals surface area contributed by atoms with Crippen molar-refractivity contribution in [1.29, 1.82) is 0 Å². The van der Waals surface area contributed by atoms with Crippen LogP contribution in [0.1, 0.15) is 35.8 Å². The topological polar surface area (TPSA) is 67.3 Å². The van der Waals surface area contributed by atoms with Crippen molar-refractivity contribution in [2.24, 2.45) is 5.92 Å². The third-order valence-electron chi connectivity index (χ3n) is 4.47. The second-order valence-corrected chi connectivity index (χ2v) is 6.45. The number of anilines is 1. The normalized spacial score (nSPS) is 17.2. The fourth-order valence-electron chi connectivity index (χ4n) is 3.10. The minimum atomic E-state index is -0.0321. The van der Waals surface area contributed by atoms with Gasteiger partial charge in [-0.2, -0.15) is 0 Å². The van der Waals surface area contributed by atoms with Crippen LogP contribution in [0.3, 0.4) is 0 Å². The Morgan fingerprint density at radius 2 is 2.16 bits per heavy atom. The number of hydrogen-bond acceptors (Lipinski definition) is 5. The molecule has 1 aromatic carbocycles. The van der Waals surface area contributed by atoms with Gasteiger partial charge in [0.05, 0.1) is 19.5 Å². The third kappa shape index (κ3) is 4.26. The molecule has 2 heterocycles. The molecule has 0 radical (unpaired) electrons. The van der Waals surface area contributed by atoms with E-state index in [0.717, 1.165) is 30.8 Å². The summed E-state index contributed by atoms with van der Waals surface area (Å²) in [6.45, 7) is 4.36. The first-order chi connectivity index (χ1) is 12.2. The lowest BCUT2D eigenvalue weighted by Gasteiger charge is -2.30. The van der Waals surface area contributed by atoms with Crippen molar-refractivity contribution >= 4 is 11.7 Å². The zero-order chi connectivity index (χ0) is 17.6. The van der Waals surface area contributed by atoms with Crippen LogP contribution in [0, 0.1) is 5.92 Å². The van der Waals surface area contributed by atoms with Gasteiger partial charge in [0.25, 0.3) is 5.91 Å². The van der Waals surface area contributed by atoms with Crippen molar-refractivity contribution < 1.29 is 9.53 Å². The van der Waals surface area contributed by atoms with Gasteiger partial charge in [0, 0.05) is 25.2 Å². The average molecular weight is 340 g/mol. The van der Waals surface area contributed by atoms with Gasteiger partial charge >= 0.3 is 0 Å². The SMILES string of the molecule is COc1ccccc1CNc1cnc(C(=O)N2CCCC(C)C2)cn1. The third-order valence-corrected chi connectivity index (χ3v) is 4.47. The van der Waals surface area contributed by atoms with E-state index in [1.807, 2.05) is 29.2 Å². The summed E-state index contributed by atoms with van der Waals surface area (Å²) < 4.78 is 5.33. The molecule has 0 aliphatic carbocycles. The lowest BCUT2D eigenvalue weighted by Crippen LogP contribution is -2.39. The molecular weight excluding hydrogens is 316 g/mol. The van der Waals surface area contributed by atoms with Crippen LogP contribution in [0.25, 0.3) is 0 Å². The molecule has 0 saturated carbocycles. The van der Waals surface area contributed by atoms with E-state index < -0.39 is 0 Å². The predicted octanol–water partition coefficient (Wildman–Crippen LogP) is 2.97. The maximum absolute atomic E-state index is 12.5. The second kappa shape index (κ2) is 7.96. The number of benzene rings is 1. The van der Waals surface area contributed by atoms with E-state index in [1.165, 1.54) is 6.42 Å². The molecule has 6 heteroatoms. The molecule has 1 fully saturated rings. The van der Waals surface area contributed by atoms with Gasteiger partial charge in [-0.15, -0.1) is 0 Å². The van der Waals surface area contributed by atoms with Crippen LogP contribution in [0.4, 0.5) is 5.82 Å². The first-order valence-corrected chi connectivity index (χ1v) is 8.64. The van der Waals surface area contributed by atoms with E-state index >= 15 is 0 Å². The molecule has 25 heavy (non-hydrogen) atoms. The lowest BCUT2D eigenvalue weighted by atomic mass is 10.0. The molecule has 6 nitrogen and oxygen atoms in total. The van der Waals surface area contributed by atoms with Crippen molar-refractivity contribution in [2.45, 2.75) is 26.3 Å². The Bertz CT molecular complexity index is 718. The van der Waals surface area contributed by atoms with Crippen LogP contribution >= 0.6 is 0 Å². The number of carbonyl (C=O) groups excluding carboxylic acids is 1. The van der Waals surface area contributed by atoms with E-state index in [2.05, 4.69) is 22.2 Å². The number of ether oxygens (including phenoxy) is 1. The van der Waals surface area contributed by atoms with Gasteiger partial charge in [-0.05, 0) is 24.8 Å². The summed E-state index contributed by atoms with van der Waals surface area (Å²) in [7, 11) is 1.65. The van der Waals surface area contributed by atoms with E-state index in [0.29, 0.717) is 24.0 Å². The first kappa shape index (κ1) is 17.2. The molecule has 1 saturated heterocycles. The summed E-state index contributed by atoms with van der Waals surface area (Å²) in [6, 6.07) is 7.81. The molecule has 1 aliphatic rings. The minimum Gasteiger partial charge on any atom is -0.496 e. The van der Waals surface area contributed by atoms with Crippen LogP contribution in [0.2, 0.25) is 0 Å². The number of methoxy groups -OCH3 is 1. The van der Waals surface area contributed by atoms with Crippen molar-refractivity contribution in [2.75, 3.05) is 25.5 Å². The summed E-state index contributed by atoms with van der Waals surface area (Å²) in [5.74, 6) is 1.98. The Morgan fingerprint density at radius 3 is 2.88 bits per heavy atom. The number of carbonyl (C=O) groups is 1. The maximum atomic E-state index is 12.5. The largest absolute Gasteiger partial charge is 0.496 e. The summed E-state index contributed by atoms with van der Waals surface area (Å²) in [5, 5.41) is 3.21. The minimum absolute atomic E-state index is 0.0321. The number of rotatable bonds is 5. The molecule has 1 atom stereocenters. The highest BCUT2D eigenvalue weighted by molar-refractivity contribution is 5.92. The number of aromatic nitrogens is 2. The summed E-state index contributed by atoms with van der Waals surface area (Å²) in [6.07, 6.45) is 5.39. The fraction of sp³-hybridized carbons (Fsp3) is 0.421. The van der Waals surface area contributed by atoms with Crippen LogP contribution in [-0.2, 0) is 6.54 Å². The van der Waals surface area contributed by atoms with Crippen LogP contribution in [0.15, 0.2) is 36.7 Å². The number of hydrogen-bond donors (Lipinski definition) is 1. The highest BCUT2D eigenvalue weighted by Crippen LogP contribution is 2.19. The number of nitrogens with zero attached hydrogens (tertiary/aromatic N) is 3. The van der Waals surface area contributed by atoms with Gasteiger partial charge in [-0.25, -0.2) is 9.97 Å². The van der Waals surface area contributed by atoms with Crippen LogP contribution < -0.4 is 10.1 Å². The standard InChI is InChI=1S/C19H24N4O2/c1-14-6-5-9-23(13-14)19(24)16-11-22-18(12-20-16)21-10-15-7-3-4-8-17(15)25-2/h3-4,7-8,11-12,14H,5-6,9-10,13H2,1-2H3,(H,21,22). The lowest BCUT2D eigenvalue weighted by molar-refractivity contribution is 0.0676. The molecule has 1 unspecified atom stereocenters. The number of piperidine rings is 1. The molecule has 1 aromatic heterocycles. The zero-order valence-electron chi connectivity index (χ0n) is 14.7. The van der Waals surface area contributed by atoms with Crippen molar-refractivity contribution in [3.63, 3.8) is 0 Å². The predicted molar refractivity (Wildman–Crippen MR) is 96.7 cm³/mol. The number of nitrogens with one attached hydrogen (secondary N) is 1. The van der Waals surface area contributed by atoms with Gasteiger partial charge in [-0.3, -0.25) is 4.79 Å². The van der Waals surface area contributed by atoms with Crippen molar-refractivity contribution in [3.05, 3.63) is 47.9 Å². The highest BCUT2D eigenvalue weighted by atomic mass is 16.5. The number of para-hydroxylation sites is 1. The number of amides is 1. The average Bonchev–Trinajstić information content (AvgIpc) is 2.66. The molecule has 3 rings (SSSR count). The Kier molecular flexibility index (Phi) is 5.48. The fourth-order valence-corrected chi connectivity index (χ4v) is 3.10. The summed E-state index contributed by atoms with van der Waals surface area (Å²) >= 11 is 0. The van der Waals surface area contributed by atoms with Gasteiger partial charge in [-0.1, -0.05) is 25.1 Å². The summed E-state index contributed by atoms with van der Waals surface area (Å²) in [4.78, 5) is 23.0. The van der Waals surface area contributed by atoms with Gasteiger partial charge in [0.15, 0.2) is 0 Å². The van der Waals surface area contributed by atoms with Crippen molar-refractivity contribution in [1.82, 2.24) is 14.9 Å². The van der Waals surface area contributed by atoms with E-state index in [4.69, 9.17) is 4.74 Å². The quantitative estimate of drug-likeness (QED) is 0.906. The smallest absolute Gasteiger partial charge is 0.274 e. The van der Waals surface area contributed by atoms with Crippen molar-refractivity contribution in [3.8, 4) is 5.75 Å². The summed E-state index contributed by atoms with van der Waals surface area (Å²) in [5.41, 5.74) is 1.44. The Morgan fingerprint density at radius 1 is 1.32 bits per heavy atom. The monoisotopic (exact) mass is 340 g/mol. The molecule has 1 aliphatic heterocycles. The zero-order valence-corrected chi connectivity index (χ0v) is 14.7. The first-order valence-electron chi connectivity index (χ1n) is 8.64. The molecule has 0 spiro atoms. The van der Waals surface area contributed by atoms with Crippen LogP contribution in [0.5, 0.6) is 5.75 Å². The van der Waals surface area contributed by atoms with E-state index in [1.54, 1.807) is 19.5 Å². The Labute approximate surface area is 148 Å². The van der Waals surface area contributed by atoms with E-state index in [-0.39, 0.29) is 5.91 Å². The van der Waals surface area contributed by atoms with Gasteiger partial charge < -0.3 is 15.0 Å². The van der Waals surface area contributed by atoms with Crippen LogP contribution in [-0.4, -0.2) is 41.0 Å². The molecule has 0 bridgehead atoms. The molecule has 132 valence electrons.